The topological polar surface area (TPSA) is 66.9 Å². The van der Waals surface area contributed by atoms with Crippen molar-refractivity contribution in [2.75, 3.05) is 22.2 Å². The average molecular weight is 395 g/mol. The molecule has 1 heterocycles. The molecule has 7 heteroatoms. The molecule has 27 heavy (non-hydrogen) atoms. The Hall–Kier alpha value is -2.08. The molecular weight excluding hydrogens is 368 g/mol. The number of anilines is 2. The molecule has 0 N–H and O–H groups in total. The molecule has 2 amide bonds. The number of alkyl halides is 1. The Morgan fingerprint density at radius 1 is 1.19 bits per heavy atom. The predicted octanol–water partition coefficient (Wildman–Crippen LogP) is 3.75. The van der Waals surface area contributed by atoms with Gasteiger partial charge >= 0.3 is 5.97 Å². The number of hydrogen-bond acceptors (Lipinski definition) is 4. The molecule has 0 unspecified atom stereocenters. The normalized spacial score (nSPS) is 16.3. The largest absolute Gasteiger partial charge is 0.456 e. The first-order valence-electron chi connectivity index (χ1n) is 9.27. The van der Waals surface area contributed by atoms with Gasteiger partial charge in [0.25, 0.3) is 0 Å². The molecule has 3 rings (SSSR count). The Kier molecular flexibility index (Phi) is 6.52. The zero-order chi connectivity index (χ0) is 20.4. The molecule has 0 radical (unpaired) electrons. The summed E-state index contributed by atoms with van der Waals surface area (Å²) in [7, 11) is 0. The number of ether oxygens (including phenoxy) is 1. The van der Waals surface area contributed by atoms with Crippen molar-refractivity contribution in [2.45, 2.75) is 59.1 Å². The number of esters is 1. The van der Waals surface area contributed by atoms with Gasteiger partial charge in [0.05, 0.1) is 16.9 Å². The highest BCUT2D eigenvalue weighted by atomic mass is 35.5. The molecule has 1 aromatic carbocycles. The predicted molar refractivity (Wildman–Crippen MR) is 107 cm³/mol. The molecule has 148 valence electrons. The van der Waals surface area contributed by atoms with Gasteiger partial charge in [-0.25, -0.2) is 4.79 Å². The van der Waals surface area contributed by atoms with Gasteiger partial charge < -0.3 is 9.64 Å². The summed E-state index contributed by atoms with van der Waals surface area (Å²) in [5.41, 5.74) is 0.894. The maximum atomic E-state index is 12.5. The van der Waals surface area contributed by atoms with Crippen LogP contribution in [0.4, 0.5) is 11.4 Å². The van der Waals surface area contributed by atoms with Gasteiger partial charge in [-0.1, -0.05) is 13.8 Å². The maximum Gasteiger partial charge on any atom is 0.338 e. The molecular formula is C20H27ClN2O4. The summed E-state index contributed by atoms with van der Waals surface area (Å²) in [6.45, 7) is 9.31. The highest BCUT2D eigenvalue weighted by Crippen LogP contribution is 2.41. The summed E-state index contributed by atoms with van der Waals surface area (Å²) in [6.07, 6.45) is 1.89. The second kappa shape index (κ2) is 8.30. The molecule has 1 saturated carbocycles. The summed E-state index contributed by atoms with van der Waals surface area (Å²) >= 11 is 5.69. The number of fused-ring (bicyclic) bond motifs is 1. The minimum atomic E-state index is -0.616. The molecule has 1 aliphatic carbocycles. The van der Waals surface area contributed by atoms with Crippen LogP contribution in [0.15, 0.2) is 18.2 Å². The van der Waals surface area contributed by atoms with Crippen molar-refractivity contribution in [3.63, 3.8) is 0 Å². The van der Waals surface area contributed by atoms with E-state index in [9.17, 15) is 14.4 Å². The molecule has 0 aromatic heterocycles. The third-order valence-corrected chi connectivity index (χ3v) is 4.28. The minimum absolute atomic E-state index is 0.0627. The van der Waals surface area contributed by atoms with Crippen molar-refractivity contribution in [1.82, 2.24) is 0 Å². The first-order valence-corrected chi connectivity index (χ1v) is 9.80. The van der Waals surface area contributed by atoms with Crippen LogP contribution < -0.4 is 9.80 Å². The number of carbonyl (C=O) groups is 3. The molecule has 0 atom stereocenters. The number of benzene rings is 1. The van der Waals surface area contributed by atoms with Crippen LogP contribution in [0.25, 0.3) is 0 Å². The van der Waals surface area contributed by atoms with E-state index in [1.165, 1.54) is 4.90 Å². The third kappa shape index (κ3) is 4.80. The lowest BCUT2D eigenvalue weighted by Crippen LogP contribution is -2.49. The fourth-order valence-corrected chi connectivity index (χ4v) is 3.01. The van der Waals surface area contributed by atoms with Crippen LogP contribution in [0.1, 0.15) is 57.8 Å². The van der Waals surface area contributed by atoms with Crippen LogP contribution >= 0.6 is 11.6 Å². The number of halogens is 1. The first-order chi connectivity index (χ1) is 12.7. The van der Waals surface area contributed by atoms with Crippen LogP contribution in [-0.2, 0) is 14.3 Å². The number of carbonyl (C=O) groups excluding carboxylic acids is 3. The van der Waals surface area contributed by atoms with Crippen molar-refractivity contribution >= 4 is 40.8 Å². The molecule has 6 nitrogen and oxygen atoms in total. The van der Waals surface area contributed by atoms with Gasteiger partial charge in [0.2, 0.25) is 11.8 Å². The monoisotopic (exact) mass is 394 g/mol. The zero-order valence-corrected chi connectivity index (χ0v) is 17.3. The lowest BCUT2D eigenvalue weighted by Gasteiger charge is -2.36. The standard InChI is InChI=1S/C18H21ClN2O4.C2H6/c1-18(2,3)25-17(24)11-4-7-13-14(8-11)20(15(22)9-19)10-16(23)21(13)12-5-6-12;1-2/h4,7-8,12H,5-6,9-10H2,1-3H3;1-2H3. The van der Waals surface area contributed by atoms with Crippen molar-refractivity contribution in [2.24, 2.45) is 0 Å². The van der Waals surface area contributed by atoms with Crippen LogP contribution in [0.2, 0.25) is 0 Å². The zero-order valence-electron chi connectivity index (χ0n) is 16.5. The summed E-state index contributed by atoms with van der Waals surface area (Å²) in [5.74, 6) is -1.19. The summed E-state index contributed by atoms with van der Waals surface area (Å²) in [6, 6.07) is 5.12. The maximum absolute atomic E-state index is 12.5. The minimum Gasteiger partial charge on any atom is -0.456 e. The van der Waals surface area contributed by atoms with Gasteiger partial charge in [-0.15, -0.1) is 11.6 Å². The SMILES string of the molecule is CC.CC(C)(C)OC(=O)c1ccc2c(c1)N(C(=O)CCl)CC(=O)N2C1CC1. The Morgan fingerprint density at radius 3 is 2.33 bits per heavy atom. The van der Waals surface area contributed by atoms with Crippen LogP contribution in [0.3, 0.4) is 0 Å². The lowest BCUT2D eigenvalue weighted by molar-refractivity contribution is -0.121. The van der Waals surface area contributed by atoms with E-state index in [1.54, 1.807) is 43.9 Å². The van der Waals surface area contributed by atoms with E-state index < -0.39 is 11.6 Å². The highest BCUT2D eigenvalue weighted by molar-refractivity contribution is 6.30. The fourth-order valence-electron chi connectivity index (χ4n) is 2.87. The Morgan fingerprint density at radius 2 is 1.81 bits per heavy atom. The Balaban J connectivity index is 0.00000126. The van der Waals surface area contributed by atoms with E-state index in [0.717, 1.165) is 12.8 Å². The van der Waals surface area contributed by atoms with Crippen LogP contribution in [-0.4, -0.2) is 41.9 Å². The van der Waals surface area contributed by atoms with Crippen LogP contribution in [0, 0.1) is 0 Å². The molecule has 1 aliphatic heterocycles. The lowest BCUT2D eigenvalue weighted by atomic mass is 10.1. The number of rotatable bonds is 3. The van der Waals surface area contributed by atoms with Crippen molar-refractivity contribution in [1.29, 1.82) is 0 Å². The fraction of sp³-hybridized carbons (Fsp3) is 0.550. The van der Waals surface area contributed by atoms with Gasteiger partial charge in [0.1, 0.15) is 18.0 Å². The molecule has 1 fully saturated rings. The van der Waals surface area contributed by atoms with Gasteiger partial charge in [-0.05, 0) is 51.8 Å². The van der Waals surface area contributed by atoms with Crippen molar-refractivity contribution < 1.29 is 19.1 Å². The second-order valence-electron chi connectivity index (χ2n) is 7.31. The Labute approximate surface area is 165 Å². The van der Waals surface area contributed by atoms with E-state index >= 15 is 0 Å². The average Bonchev–Trinajstić information content (AvgIpc) is 3.45. The third-order valence-electron chi connectivity index (χ3n) is 4.05. The summed E-state index contributed by atoms with van der Waals surface area (Å²) in [5, 5.41) is 0. The molecule has 2 aliphatic rings. The van der Waals surface area contributed by atoms with E-state index in [2.05, 4.69) is 0 Å². The van der Waals surface area contributed by atoms with Crippen molar-refractivity contribution in [3.8, 4) is 0 Å². The first kappa shape index (κ1) is 21.2. The molecule has 0 saturated heterocycles. The van der Waals surface area contributed by atoms with Gasteiger partial charge in [-0.3, -0.25) is 14.5 Å². The number of hydrogen-bond donors (Lipinski definition) is 0. The van der Waals surface area contributed by atoms with E-state index in [0.29, 0.717) is 16.9 Å². The van der Waals surface area contributed by atoms with Crippen molar-refractivity contribution in [3.05, 3.63) is 23.8 Å². The van der Waals surface area contributed by atoms with Gasteiger partial charge in [-0.2, -0.15) is 0 Å². The van der Waals surface area contributed by atoms with E-state index in [1.807, 2.05) is 13.8 Å². The van der Waals surface area contributed by atoms with E-state index in [4.69, 9.17) is 16.3 Å². The highest BCUT2D eigenvalue weighted by Gasteiger charge is 2.40. The smallest absolute Gasteiger partial charge is 0.338 e. The van der Waals surface area contributed by atoms with E-state index in [-0.39, 0.29) is 30.3 Å². The molecule has 0 bridgehead atoms. The van der Waals surface area contributed by atoms with Crippen LogP contribution in [0.5, 0.6) is 0 Å². The summed E-state index contributed by atoms with van der Waals surface area (Å²) in [4.78, 5) is 40.1. The quantitative estimate of drug-likeness (QED) is 0.578. The second-order valence-corrected chi connectivity index (χ2v) is 7.58. The van der Waals surface area contributed by atoms with Gasteiger partial charge in [0.15, 0.2) is 0 Å². The Bertz CT molecular complexity index is 738. The summed E-state index contributed by atoms with van der Waals surface area (Å²) < 4.78 is 5.40. The number of amides is 2. The van der Waals surface area contributed by atoms with Gasteiger partial charge in [0, 0.05) is 6.04 Å². The molecule has 0 spiro atoms. The molecule has 1 aromatic rings. The number of nitrogens with zero attached hydrogens (tertiary/aromatic N) is 2.